The third kappa shape index (κ3) is 3.25. The molecule has 0 radical (unpaired) electrons. The van der Waals surface area contributed by atoms with Gasteiger partial charge in [0.25, 0.3) is 5.91 Å². The lowest BCUT2D eigenvalue weighted by Gasteiger charge is -2.19. The Kier molecular flexibility index (Phi) is 4.34. The van der Waals surface area contributed by atoms with Gasteiger partial charge < -0.3 is 10.1 Å². The van der Waals surface area contributed by atoms with Gasteiger partial charge in [0.2, 0.25) is 0 Å². The SMILES string of the molecule is C[C@@H](Oc1cccc(Cl)c1)C(=O)N[C@@H]1CCc2ccccc21. The van der Waals surface area contributed by atoms with Crippen LogP contribution in [-0.2, 0) is 11.2 Å². The van der Waals surface area contributed by atoms with Gasteiger partial charge in [-0.05, 0) is 49.1 Å². The van der Waals surface area contributed by atoms with Crippen molar-refractivity contribution >= 4 is 17.5 Å². The second-order valence-electron chi connectivity index (χ2n) is 5.52. The Hall–Kier alpha value is -2.00. The summed E-state index contributed by atoms with van der Waals surface area (Å²) in [4.78, 5) is 12.3. The zero-order valence-corrected chi connectivity index (χ0v) is 13.1. The lowest BCUT2D eigenvalue weighted by Crippen LogP contribution is -2.38. The number of fused-ring (bicyclic) bond motifs is 1. The molecule has 2 aromatic carbocycles. The molecule has 4 heteroatoms. The minimum Gasteiger partial charge on any atom is -0.481 e. The fraction of sp³-hybridized carbons (Fsp3) is 0.278. The summed E-state index contributed by atoms with van der Waals surface area (Å²) in [6, 6.07) is 15.4. The quantitative estimate of drug-likeness (QED) is 0.929. The summed E-state index contributed by atoms with van der Waals surface area (Å²) in [5, 5.41) is 3.67. The smallest absolute Gasteiger partial charge is 0.261 e. The van der Waals surface area contributed by atoms with Crippen LogP contribution in [0, 0.1) is 0 Å². The highest BCUT2D eigenvalue weighted by Gasteiger charge is 2.25. The lowest BCUT2D eigenvalue weighted by molar-refractivity contribution is -0.128. The average molecular weight is 316 g/mol. The molecule has 3 rings (SSSR count). The molecule has 0 bridgehead atoms. The van der Waals surface area contributed by atoms with Crippen LogP contribution in [0.5, 0.6) is 5.75 Å². The Bertz CT molecular complexity index is 686. The Morgan fingerprint density at radius 1 is 1.27 bits per heavy atom. The first-order valence-electron chi connectivity index (χ1n) is 7.44. The first kappa shape index (κ1) is 14.9. The van der Waals surface area contributed by atoms with Gasteiger partial charge in [0, 0.05) is 5.02 Å². The lowest BCUT2D eigenvalue weighted by atomic mass is 10.1. The Balaban J connectivity index is 1.63. The van der Waals surface area contributed by atoms with Gasteiger partial charge in [-0.25, -0.2) is 0 Å². The highest BCUT2D eigenvalue weighted by Crippen LogP contribution is 2.30. The molecule has 1 aliphatic carbocycles. The first-order chi connectivity index (χ1) is 10.6. The molecule has 0 fully saturated rings. The van der Waals surface area contributed by atoms with Crippen LogP contribution in [0.2, 0.25) is 5.02 Å². The van der Waals surface area contributed by atoms with Gasteiger partial charge in [0.1, 0.15) is 5.75 Å². The number of carbonyl (C=O) groups excluding carboxylic acids is 1. The molecule has 0 saturated heterocycles. The number of hydrogen-bond acceptors (Lipinski definition) is 2. The molecule has 0 spiro atoms. The van der Waals surface area contributed by atoms with E-state index in [1.807, 2.05) is 12.1 Å². The van der Waals surface area contributed by atoms with E-state index in [1.54, 1.807) is 31.2 Å². The van der Waals surface area contributed by atoms with Crippen LogP contribution in [0.3, 0.4) is 0 Å². The van der Waals surface area contributed by atoms with Crippen molar-refractivity contribution in [3.63, 3.8) is 0 Å². The summed E-state index contributed by atoms with van der Waals surface area (Å²) in [5.41, 5.74) is 2.53. The number of ether oxygens (including phenoxy) is 1. The van der Waals surface area contributed by atoms with E-state index in [0.29, 0.717) is 10.8 Å². The molecule has 0 unspecified atom stereocenters. The number of nitrogens with one attached hydrogen (secondary N) is 1. The topological polar surface area (TPSA) is 38.3 Å². The van der Waals surface area contributed by atoms with Crippen LogP contribution in [0.15, 0.2) is 48.5 Å². The number of aryl methyl sites for hydroxylation is 1. The van der Waals surface area contributed by atoms with Crippen LogP contribution in [0.25, 0.3) is 0 Å². The summed E-state index contributed by atoms with van der Waals surface area (Å²) < 4.78 is 5.66. The summed E-state index contributed by atoms with van der Waals surface area (Å²) >= 11 is 5.92. The van der Waals surface area contributed by atoms with Gasteiger partial charge in [-0.3, -0.25) is 4.79 Å². The monoisotopic (exact) mass is 315 g/mol. The summed E-state index contributed by atoms with van der Waals surface area (Å²) in [5.74, 6) is 0.489. The van der Waals surface area contributed by atoms with E-state index in [2.05, 4.69) is 17.4 Å². The first-order valence-corrected chi connectivity index (χ1v) is 7.81. The van der Waals surface area contributed by atoms with Crippen molar-refractivity contribution in [2.75, 3.05) is 0 Å². The normalized spacial score (nSPS) is 17.6. The number of rotatable bonds is 4. The number of halogens is 1. The second-order valence-corrected chi connectivity index (χ2v) is 5.95. The Morgan fingerprint density at radius 3 is 2.91 bits per heavy atom. The molecule has 1 aliphatic rings. The Morgan fingerprint density at radius 2 is 2.09 bits per heavy atom. The number of amides is 1. The summed E-state index contributed by atoms with van der Waals surface area (Å²) in [7, 11) is 0. The second kappa shape index (κ2) is 6.41. The zero-order valence-electron chi connectivity index (χ0n) is 12.4. The molecular formula is C18H18ClNO2. The molecule has 0 aromatic heterocycles. The van der Waals surface area contributed by atoms with E-state index < -0.39 is 6.10 Å². The summed E-state index contributed by atoms with van der Waals surface area (Å²) in [6.45, 7) is 1.75. The predicted molar refractivity (Wildman–Crippen MR) is 87.2 cm³/mol. The molecule has 1 amide bonds. The van der Waals surface area contributed by atoms with Gasteiger partial charge in [0.05, 0.1) is 6.04 Å². The molecule has 2 atom stereocenters. The van der Waals surface area contributed by atoms with E-state index >= 15 is 0 Å². The molecule has 3 nitrogen and oxygen atoms in total. The molecule has 1 N–H and O–H groups in total. The van der Waals surface area contributed by atoms with Crippen LogP contribution in [-0.4, -0.2) is 12.0 Å². The summed E-state index contributed by atoms with van der Waals surface area (Å²) in [6.07, 6.45) is 1.38. The van der Waals surface area contributed by atoms with Gasteiger partial charge in [-0.1, -0.05) is 41.9 Å². The highest BCUT2D eigenvalue weighted by atomic mass is 35.5. The maximum absolute atomic E-state index is 12.3. The van der Waals surface area contributed by atoms with Gasteiger partial charge in [-0.2, -0.15) is 0 Å². The van der Waals surface area contributed by atoms with E-state index in [1.165, 1.54) is 11.1 Å². The van der Waals surface area contributed by atoms with Crippen molar-refractivity contribution in [3.8, 4) is 5.75 Å². The van der Waals surface area contributed by atoms with Crippen LogP contribution < -0.4 is 10.1 Å². The average Bonchev–Trinajstić information content (AvgIpc) is 2.90. The molecule has 2 aromatic rings. The largest absolute Gasteiger partial charge is 0.481 e. The van der Waals surface area contributed by atoms with Crippen molar-refractivity contribution in [3.05, 3.63) is 64.7 Å². The van der Waals surface area contributed by atoms with Gasteiger partial charge in [0.15, 0.2) is 6.10 Å². The molecule has 114 valence electrons. The van der Waals surface area contributed by atoms with Crippen LogP contribution in [0.4, 0.5) is 0 Å². The maximum Gasteiger partial charge on any atom is 0.261 e. The van der Waals surface area contributed by atoms with E-state index in [9.17, 15) is 4.79 Å². The molecule has 22 heavy (non-hydrogen) atoms. The van der Waals surface area contributed by atoms with E-state index in [4.69, 9.17) is 16.3 Å². The molecule has 0 heterocycles. The van der Waals surface area contributed by atoms with Crippen LogP contribution >= 0.6 is 11.6 Å². The van der Waals surface area contributed by atoms with Crippen molar-refractivity contribution in [2.24, 2.45) is 0 Å². The standard InChI is InChI=1S/C18H18ClNO2/c1-12(22-15-7-4-6-14(19)11-15)18(21)20-17-10-9-13-5-2-3-8-16(13)17/h2-8,11-12,17H,9-10H2,1H3,(H,20,21)/t12-,17-/m1/s1. The van der Waals surface area contributed by atoms with Crippen molar-refractivity contribution in [2.45, 2.75) is 31.9 Å². The zero-order chi connectivity index (χ0) is 15.5. The van der Waals surface area contributed by atoms with Gasteiger partial charge in [-0.15, -0.1) is 0 Å². The fourth-order valence-corrected chi connectivity index (χ4v) is 2.97. The van der Waals surface area contributed by atoms with E-state index in [-0.39, 0.29) is 11.9 Å². The number of hydrogen-bond donors (Lipinski definition) is 1. The molecular weight excluding hydrogens is 298 g/mol. The number of carbonyl (C=O) groups is 1. The Labute approximate surface area is 135 Å². The van der Waals surface area contributed by atoms with Crippen LogP contribution in [0.1, 0.15) is 30.5 Å². The molecule has 0 saturated carbocycles. The predicted octanol–water partition coefficient (Wildman–Crippen LogP) is 3.91. The molecule has 0 aliphatic heterocycles. The van der Waals surface area contributed by atoms with Gasteiger partial charge >= 0.3 is 0 Å². The third-order valence-corrected chi connectivity index (χ3v) is 4.16. The number of benzene rings is 2. The van der Waals surface area contributed by atoms with E-state index in [0.717, 1.165) is 12.8 Å². The van der Waals surface area contributed by atoms with Crippen molar-refractivity contribution < 1.29 is 9.53 Å². The highest BCUT2D eigenvalue weighted by molar-refractivity contribution is 6.30. The van der Waals surface area contributed by atoms with Crippen molar-refractivity contribution in [1.82, 2.24) is 5.32 Å². The minimum absolute atomic E-state index is 0.0779. The van der Waals surface area contributed by atoms with Crippen molar-refractivity contribution in [1.29, 1.82) is 0 Å². The maximum atomic E-state index is 12.3. The fourth-order valence-electron chi connectivity index (χ4n) is 2.79. The minimum atomic E-state index is -0.564. The third-order valence-electron chi connectivity index (χ3n) is 3.93.